The van der Waals surface area contributed by atoms with Crippen molar-refractivity contribution in [1.82, 2.24) is 0 Å². The zero-order valence-corrected chi connectivity index (χ0v) is 14.7. The van der Waals surface area contributed by atoms with Gasteiger partial charge in [0.15, 0.2) is 0 Å². The minimum absolute atomic E-state index is 0. The summed E-state index contributed by atoms with van der Waals surface area (Å²) in [6.07, 6.45) is 0. The lowest BCUT2D eigenvalue weighted by Crippen LogP contribution is -2.34. The van der Waals surface area contributed by atoms with Crippen LogP contribution in [0.25, 0.3) is 0 Å². The lowest BCUT2D eigenvalue weighted by Gasteiger charge is -2.10. The quantitative estimate of drug-likeness (QED) is 0.317. The third-order valence-corrected chi connectivity index (χ3v) is 4.06. The first-order chi connectivity index (χ1) is 8.52. The number of ether oxygens (including phenoxy) is 2. The summed E-state index contributed by atoms with van der Waals surface area (Å²) < 4.78 is 8.92. The molecule has 0 aliphatic heterocycles. The van der Waals surface area contributed by atoms with Gasteiger partial charge < -0.3 is 26.0 Å². The Hall–Kier alpha value is 0.1000. The molecule has 0 saturated heterocycles. The van der Waals surface area contributed by atoms with Crippen LogP contribution in [-0.4, -0.2) is 62.0 Å². The maximum Gasteiger partial charge on any atom is 0.323 e. The molecular weight excluding hydrogens is 351 g/mol. The van der Waals surface area contributed by atoms with Crippen molar-refractivity contribution in [3.63, 3.8) is 0 Å². The number of hydrogen-bond donors (Lipinski definition) is 3. The number of hydrogen-bond acceptors (Lipinski definition) is 9. The van der Waals surface area contributed by atoms with Crippen molar-refractivity contribution in [2.75, 3.05) is 32.8 Å². The van der Waals surface area contributed by atoms with Crippen LogP contribution in [0.2, 0.25) is 0 Å². The predicted molar refractivity (Wildman–Crippen MR) is 87.5 cm³/mol. The number of carbonyl (C=O) groups is 2. The lowest BCUT2D eigenvalue weighted by atomic mass is 10.4. The van der Waals surface area contributed by atoms with E-state index in [0.717, 1.165) is 7.11 Å². The highest BCUT2D eigenvalue weighted by Gasteiger charge is 2.16. The first-order valence-electron chi connectivity index (χ1n) is 4.88. The van der Waals surface area contributed by atoms with Crippen LogP contribution in [0, 0.1) is 0 Å². The third-order valence-electron chi connectivity index (χ3n) is 1.59. The van der Waals surface area contributed by atoms with Gasteiger partial charge in [0.2, 0.25) is 0 Å². The van der Waals surface area contributed by atoms with E-state index in [0.29, 0.717) is 11.5 Å². The second-order valence-electron chi connectivity index (χ2n) is 2.83. The number of esters is 2. The fourth-order valence-electron chi connectivity index (χ4n) is 0.682. The monoisotopic (exact) mass is 372 g/mol. The number of carbonyl (C=O) groups excluding carboxylic acids is 2. The molecule has 0 aromatic carbocycles. The zero-order valence-electron chi connectivity index (χ0n) is 11.4. The summed E-state index contributed by atoms with van der Waals surface area (Å²) >= 11 is 0. The van der Waals surface area contributed by atoms with Crippen molar-refractivity contribution >= 4 is 58.3 Å². The molecule has 20 heavy (non-hydrogen) atoms. The summed E-state index contributed by atoms with van der Waals surface area (Å²) in [7, 11) is 6.30. The van der Waals surface area contributed by atoms with Crippen molar-refractivity contribution < 1.29 is 24.2 Å². The van der Waals surface area contributed by atoms with Crippen molar-refractivity contribution in [3.8, 4) is 0 Å². The van der Waals surface area contributed by atoms with Gasteiger partial charge in [0, 0.05) is 18.6 Å². The van der Waals surface area contributed by atoms with Crippen LogP contribution >= 0.6 is 46.4 Å². The molecule has 0 aliphatic rings. The molecule has 0 spiro atoms. The molecule has 124 valence electrons. The first-order valence-corrected chi connectivity index (χ1v) is 7.37. The molecule has 11 heteroatoms. The number of nitrogens with two attached hydrogens (primary N) is 2. The Bertz CT molecular complexity index is 228. The van der Waals surface area contributed by atoms with Gasteiger partial charge in [-0.3, -0.25) is 9.59 Å². The maximum atomic E-state index is 10.9. The van der Waals surface area contributed by atoms with E-state index >= 15 is 0 Å². The van der Waals surface area contributed by atoms with Crippen molar-refractivity contribution in [2.24, 2.45) is 11.5 Å². The van der Waals surface area contributed by atoms with E-state index in [2.05, 4.69) is 9.47 Å². The van der Waals surface area contributed by atoms with Gasteiger partial charge in [0.25, 0.3) is 0 Å². The number of methoxy groups -OCH3 is 2. The van der Waals surface area contributed by atoms with Gasteiger partial charge >= 0.3 is 11.9 Å². The van der Waals surface area contributed by atoms with Crippen LogP contribution in [0.15, 0.2) is 0 Å². The second kappa shape index (κ2) is 19.1. The molecule has 7 nitrogen and oxygen atoms in total. The average Bonchev–Trinajstić information content (AvgIpc) is 2.43. The minimum Gasteiger partial charge on any atom is -0.468 e. The van der Waals surface area contributed by atoms with E-state index in [1.807, 2.05) is 0 Å². The summed E-state index contributed by atoms with van der Waals surface area (Å²) in [5, 5.41) is 7.00. The molecular formula is C9H22Cl2N2O5S2. The largest absolute Gasteiger partial charge is 0.468 e. The standard InChI is InChI=1S/C8H16N2O4S2.CH4O.2ClH/c1-13-7(11)5(9)3-15-16-4-6(10)8(12)14-2;1-2;;/h5-6H,3-4,9-10H2,1-2H3;2H,1H3;2*1H/t5-,6-;;;/m0.../s1. The van der Waals surface area contributed by atoms with Crippen LogP contribution in [0.1, 0.15) is 0 Å². The summed E-state index contributed by atoms with van der Waals surface area (Å²) in [5.74, 6) is -0.0908. The van der Waals surface area contributed by atoms with Crippen LogP contribution in [0.3, 0.4) is 0 Å². The molecule has 0 heterocycles. The first kappa shape index (κ1) is 28.3. The summed E-state index contributed by atoms with van der Waals surface area (Å²) in [6, 6.07) is -1.31. The molecule has 0 rings (SSSR count). The molecule has 0 aliphatic carbocycles. The molecule has 0 amide bonds. The van der Waals surface area contributed by atoms with Gasteiger partial charge in [-0.05, 0) is 0 Å². The fraction of sp³-hybridized carbons (Fsp3) is 0.778. The van der Waals surface area contributed by atoms with Crippen LogP contribution < -0.4 is 11.5 Å². The molecule has 0 unspecified atom stereocenters. The highest BCUT2D eigenvalue weighted by Crippen LogP contribution is 2.22. The topological polar surface area (TPSA) is 125 Å². The molecule has 0 aromatic heterocycles. The Morgan fingerprint density at radius 3 is 1.40 bits per heavy atom. The van der Waals surface area contributed by atoms with E-state index in [1.165, 1.54) is 35.8 Å². The van der Waals surface area contributed by atoms with E-state index in [1.54, 1.807) is 0 Å². The number of aliphatic hydroxyl groups is 1. The Morgan fingerprint density at radius 2 is 1.20 bits per heavy atom. The van der Waals surface area contributed by atoms with Crippen LogP contribution in [0.5, 0.6) is 0 Å². The molecule has 0 fully saturated rings. The van der Waals surface area contributed by atoms with Crippen molar-refractivity contribution in [1.29, 1.82) is 0 Å². The van der Waals surface area contributed by atoms with Crippen LogP contribution in [-0.2, 0) is 19.1 Å². The minimum atomic E-state index is -0.656. The average molecular weight is 373 g/mol. The Morgan fingerprint density at radius 1 is 0.950 bits per heavy atom. The van der Waals surface area contributed by atoms with E-state index in [-0.39, 0.29) is 24.8 Å². The number of rotatable bonds is 7. The van der Waals surface area contributed by atoms with Crippen LogP contribution in [0.4, 0.5) is 0 Å². The Balaban J connectivity index is -0.000000304. The summed E-state index contributed by atoms with van der Waals surface area (Å²) in [6.45, 7) is 0. The number of halogens is 2. The predicted octanol–water partition coefficient (Wildman–Crippen LogP) is -0.180. The third kappa shape index (κ3) is 14.5. The fourth-order valence-corrected chi connectivity index (χ4v) is 2.90. The van der Waals surface area contributed by atoms with Gasteiger partial charge in [-0.15, -0.1) is 24.8 Å². The highest BCUT2D eigenvalue weighted by atomic mass is 35.5. The Kier molecular flexibility index (Phi) is 27.0. The lowest BCUT2D eigenvalue weighted by molar-refractivity contribution is -0.142. The van der Waals surface area contributed by atoms with E-state index in [4.69, 9.17) is 16.6 Å². The van der Waals surface area contributed by atoms with E-state index in [9.17, 15) is 9.59 Å². The second-order valence-corrected chi connectivity index (χ2v) is 5.38. The van der Waals surface area contributed by atoms with Gasteiger partial charge in [-0.25, -0.2) is 0 Å². The normalized spacial score (nSPS) is 11.5. The molecule has 2 atom stereocenters. The Labute approximate surface area is 139 Å². The summed E-state index contributed by atoms with van der Waals surface area (Å²) in [5.41, 5.74) is 11.0. The highest BCUT2D eigenvalue weighted by molar-refractivity contribution is 8.76. The van der Waals surface area contributed by atoms with Crippen molar-refractivity contribution in [3.05, 3.63) is 0 Å². The van der Waals surface area contributed by atoms with Crippen molar-refractivity contribution in [2.45, 2.75) is 12.1 Å². The number of aliphatic hydroxyl groups excluding tert-OH is 1. The molecule has 0 radical (unpaired) electrons. The zero-order chi connectivity index (χ0) is 14.6. The summed E-state index contributed by atoms with van der Waals surface area (Å²) in [4.78, 5) is 21.9. The van der Waals surface area contributed by atoms with Gasteiger partial charge in [0.05, 0.1) is 14.2 Å². The van der Waals surface area contributed by atoms with Gasteiger partial charge in [-0.2, -0.15) is 0 Å². The van der Waals surface area contributed by atoms with Gasteiger partial charge in [-0.1, -0.05) is 21.6 Å². The maximum absolute atomic E-state index is 10.9. The molecule has 0 saturated carbocycles. The SMILES string of the molecule is CO.COC(=O)[C@@H](N)CSSC[C@H](N)C(=O)OC.Cl.Cl. The van der Waals surface area contributed by atoms with Gasteiger partial charge in [0.1, 0.15) is 12.1 Å². The van der Waals surface area contributed by atoms with E-state index < -0.39 is 24.0 Å². The molecule has 0 bridgehead atoms. The molecule has 0 aromatic rings. The smallest absolute Gasteiger partial charge is 0.323 e. The molecule has 5 N–H and O–H groups in total.